The van der Waals surface area contributed by atoms with E-state index in [0.717, 1.165) is 44.2 Å². The Morgan fingerprint density at radius 3 is 3.22 bits per heavy atom. The molecule has 2 N–H and O–H groups in total. The summed E-state index contributed by atoms with van der Waals surface area (Å²) in [6.07, 6.45) is 4.49. The first kappa shape index (κ1) is 12.4. The highest BCUT2D eigenvalue weighted by molar-refractivity contribution is 7.15. The highest BCUT2D eigenvalue weighted by Gasteiger charge is 2.28. The molecule has 0 aromatic carbocycles. The predicted molar refractivity (Wildman–Crippen MR) is 74.2 cm³/mol. The average molecular weight is 267 g/mol. The van der Waals surface area contributed by atoms with E-state index < -0.39 is 0 Å². The average Bonchev–Trinajstić information content (AvgIpc) is 2.84. The van der Waals surface area contributed by atoms with E-state index in [1.54, 1.807) is 11.3 Å². The van der Waals surface area contributed by atoms with E-state index in [0.29, 0.717) is 6.04 Å². The molecule has 0 saturated carbocycles. The van der Waals surface area contributed by atoms with Gasteiger partial charge in [-0.1, -0.05) is 18.3 Å². The molecular formula is C13H21N3OS. The van der Waals surface area contributed by atoms with Crippen LogP contribution in [0.1, 0.15) is 42.8 Å². The van der Waals surface area contributed by atoms with Gasteiger partial charge in [0.1, 0.15) is 0 Å². The number of hydrogen-bond donors (Lipinski definition) is 1. The lowest BCUT2D eigenvalue weighted by molar-refractivity contribution is 0.0929. The van der Waals surface area contributed by atoms with Gasteiger partial charge < -0.3 is 15.4 Å². The molecule has 4 nitrogen and oxygen atoms in total. The summed E-state index contributed by atoms with van der Waals surface area (Å²) in [5.74, 6) is 0. The van der Waals surface area contributed by atoms with Crippen LogP contribution in [0.25, 0.3) is 0 Å². The number of ether oxygens (including phenoxy) is 1. The summed E-state index contributed by atoms with van der Waals surface area (Å²) < 4.78 is 5.56. The molecule has 1 fully saturated rings. The SMILES string of the molecule is CCC1COCCN1c1nc2c(s1)C(N)CCC2. The number of nitrogens with zero attached hydrogens (tertiary/aromatic N) is 2. The first-order chi connectivity index (χ1) is 8.79. The third-order valence-corrected chi connectivity index (χ3v) is 5.19. The van der Waals surface area contributed by atoms with Crippen LogP contribution in [0.2, 0.25) is 0 Å². The van der Waals surface area contributed by atoms with Gasteiger partial charge in [-0.05, 0) is 25.7 Å². The standard InChI is InChI=1S/C13H21N3OS/c1-2-9-8-17-7-6-16(9)13-15-11-5-3-4-10(14)12(11)18-13/h9-10H,2-8,14H2,1H3. The van der Waals surface area contributed by atoms with E-state index in [-0.39, 0.29) is 6.04 Å². The molecule has 2 unspecified atom stereocenters. The van der Waals surface area contributed by atoms with Gasteiger partial charge in [0.15, 0.2) is 5.13 Å². The molecule has 1 saturated heterocycles. The Hall–Kier alpha value is -0.650. The summed E-state index contributed by atoms with van der Waals surface area (Å²) in [6.45, 7) is 4.81. The van der Waals surface area contributed by atoms with Crippen LogP contribution >= 0.6 is 11.3 Å². The number of aryl methyl sites for hydroxylation is 1. The minimum Gasteiger partial charge on any atom is -0.377 e. The fourth-order valence-corrected chi connectivity index (χ4v) is 4.05. The molecule has 2 aliphatic rings. The third kappa shape index (κ3) is 2.15. The van der Waals surface area contributed by atoms with Crippen molar-refractivity contribution >= 4 is 16.5 Å². The van der Waals surface area contributed by atoms with E-state index in [2.05, 4.69) is 11.8 Å². The Labute approximate surface area is 112 Å². The van der Waals surface area contributed by atoms with Gasteiger partial charge in [-0.2, -0.15) is 0 Å². The first-order valence-corrected chi connectivity index (χ1v) is 7.70. The van der Waals surface area contributed by atoms with Crippen molar-refractivity contribution in [2.45, 2.75) is 44.7 Å². The lowest BCUT2D eigenvalue weighted by Gasteiger charge is -2.34. The van der Waals surface area contributed by atoms with Gasteiger partial charge in [-0.25, -0.2) is 4.98 Å². The summed E-state index contributed by atoms with van der Waals surface area (Å²) in [5.41, 5.74) is 7.43. The smallest absolute Gasteiger partial charge is 0.186 e. The lowest BCUT2D eigenvalue weighted by Crippen LogP contribution is -2.45. The van der Waals surface area contributed by atoms with E-state index in [9.17, 15) is 0 Å². The largest absolute Gasteiger partial charge is 0.377 e. The minimum absolute atomic E-state index is 0.209. The zero-order valence-electron chi connectivity index (χ0n) is 10.9. The number of morpholine rings is 1. The zero-order valence-corrected chi connectivity index (χ0v) is 11.7. The third-order valence-electron chi connectivity index (χ3n) is 3.93. The van der Waals surface area contributed by atoms with Gasteiger partial charge in [0.25, 0.3) is 0 Å². The molecule has 0 bridgehead atoms. The van der Waals surface area contributed by atoms with Crippen molar-refractivity contribution in [3.8, 4) is 0 Å². The van der Waals surface area contributed by atoms with Gasteiger partial charge in [-0.15, -0.1) is 0 Å². The van der Waals surface area contributed by atoms with Crippen LogP contribution in [0.3, 0.4) is 0 Å². The van der Waals surface area contributed by atoms with Gasteiger partial charge in [-0.3, -0.25) is 0 Å². The van der Waals surface area contributed by atoms with Crippen molar-refractivity contribution in [2.75, 3.05) is 24.7 Å². The maximum atomic E-state index is 6.18. The van der Waals surface area contributed by atoms with E-state index in [1.165, 1.54) is 17.0 Å². The van der Waals surface area contributed by atoms with Crippen molar-refractivity contribution in [1.29, 1.82) is 0 Å². The lowest BCUT2D eigenvalue weighted by atomic mass is 9.99. The zero-order chi connectivity index (χ0) is 12.5. The fraction of sp³-hybridized carbons (Fsp3) is 0.769. The predicted octanol–water partition coefficient (Wildman–Crippen LogP) is 2.09. The van der Waals surface area contributed by atoms with Crippen molar-refractivity contribution in [3.63, 3.8) is 0 Å². The van der Waals surface area contributed by atoms with Gasteiger partial charge in [0.2, 0.25) is 0 Å². The molecule has 1 aliphatic heterocycles. The monoisotopic (exact) mass is 267 g/mol. The van der Waals surface area contributed by atoms with E-state index >= 15 is 0 Å². The molecule has 1 aromatic heterocycles. The molecular weight excluding hydrogens is 246 g/mol. The molecule has 0 spiro atoms. The molecule has 5 heteroatoms. The summed E-state index contributed by atoms with van der Waals surface area (Å²) in [4.78, 5) is 8.57. The number of thiazole rings is 1. The van der Waals surface area contributed by atoms with E-state index in [4.69, 9.17) is 15.5 Å². The van der Waals surface area contributed by atoms with Gasteiger partial charge in [0, 0.05) is 17.5 Å². The first-order valence-electron chi connectivity index (χ1n) is 6.89. The summed E-state index contributed by atoms with van der Waals surface area (Å²) >= 11 is 1.80. The summed E-state index contributed by atoms with van der Waals surface area (Å²) in [5, 5.41) is 1.16. The molecule has 100 valence electrons. The highest BCUT2D eigenvalue weighted by atomic mass is 32.1. The second kappa shape index (κ2) is 5.15. The topological polar surface area (TPSA) is 51.4 Å². The minimum atomic E-state index is 0.209. The Morgan fingerprint density at radius 1 is 1.56 bits per heavy atom. The summed E-state index contributed by atoms with van der Waals surface area (Å²) in [6, 6.07) is 0.684. The highest BCUT2D eigenvalue weighted by Crippen LogP contribution is 2.37. The molecule has 0 radical (unpaired) electrons. The Morgan fingerprint density at radius 2 is 2.44 bits per heavy atom. The van der Waals surface area contributed by atoms with Crippen LogP contribution in [0.15, 0.2) is 0 Å². The molecule has 1 aliphatic carbocycles. The second-order valence-corrected chi connectivity index (χ2v) is 6.15. The number of hydrogen-bond acceptors (Lipinski definition) is 5. The number of rotatable bonds is 2. The summed E-state index contributed by atoms with van der Waals surface area (Å²) in [7, 11) is 0. The Balaban J connectivity index is 1.87. The Bertz CT molecular complexity index is 420. The molecule has 1 aromatic rings. The van der Waals surface area contributed by atoms with E-state index in [1.807, 2.05) is 0 Å². The quantitative estimate of drug-likeness (QED) is 0.891. The van der Waals surface area contributed by atoms with Crippen LogP contribution in [0.4, 0.5) is 5.13 Å². The molecule has 18 heavy (non-hydrogen) atoms. The van der Waals surface area contributed by atoms with Crippen LogP contribution in [-0.2, 0) is 11.2 Å². The molecule has 2 atom stereocenters. The Kier molecular flexibility index (Phi) is 3.54. The second-order valence-electron chi connectivity index (χ2n) is 5.14. The van der Waals surface area contributed by atoms with Crippen molar-refractivity contribution < 1.29 is 4.74 Å². The fourth-order valence-electron chi connectivity index (χ4n) is 2.81. The normalized spacial score (nSPS) is 28.2. The van der Waals surface area contributed by atoms with Crippen molar-refractivity contribution in [2.24, 2.45) is 5.73 Å². The maximum Gasteiger partial charge on any atom is 0.186 e. The number of anilines is 1. The maximum absolute atomic E-state index is 6.18. The van der Waals surface area contributed by atoms with Crippen molar-refractivity contribution in [1.82, 2.24) is 4.98 Å². The van der Waals surface area contributed by atoms with Crippen LogP contribution in [0, 0.1) is 0 Å². The number of fused-ring (bicyclic) bond motifs is 1. The number of nitrogens with two attached hydrogens (primary N) is 1. The molecule has 0 amide bonds. The van der Waals surface area contributed by atoms with Crippen molar-refractivity contribution in [3.05, 3.63) is 10.6 Å². The van der Waals surface area contributed by atoms with Crippen LogP contribution < -0.4 is 10.6 Å². The number of aromatic nitrogens is 1. The molecule has 3 rings (SSSR count). The van der Waals surface area contributed by atoms with Gasteiger partial charge >= 0.3 is 0 Å². The van der Waals surface area contributed by atoms with Crippen LogP contribution in [-0.4, -0.2) is 30.8 Å². The molecule has 2 heterocycles. The van der Waals surface area contributed by atoms with Gasteiger partial charge in [0.05, 0.1) is 24.9 Å². The van der Waals surface area contributed by atoms with Crippen LogP contribution in [0.5, 0.6) is 0 Å².